The summed E-state index contributed by atoms with van der Waals surface area (Å²) in [5, 5.41) is 12.6. The molecule has 4 nitrogen and oxygen atoms in total. The van der Waals surface area contributed by atoms with Gasteiger partial charge in [0.05, 0.1) is 6.61 Å². The minimum absolute atomic E-state index is 0.119. The van der Waals surface area contributed by atoms with Crippen LogP contribution >= 0.6 is 0 Å². The Balaban J connectivity index is 3.96. The van der Waals surface area contributed by atoms with Gasteiger partial charge in [-0.1, -0.05) is 13.3 Å². The normalized spacial score (nSPS) is 16.9. The van der Waals surface area contributed by atoms with E-state index in [9.17, 15) is 5.11 Å². The third kappa shape index (κ3) is 7.88. The zero-order chi connectivity index (χ0) is 14.9. The first kappa shape index (κ1) is 18.8. The maximum absolute atomic E-state index is 9.35. The Morgan fingerprint density at radius 3 is 2.32 bits per heavy atom. The minimum Gasteiger partial charge on any atom is -0.394 e. The van der Waals surface area contributed by atoms with Gasteiger partial charge in [-0.3, -0.25) is 4.90 Å². The van der Waals surface area contributed by atoms with Gasteiger partial charge in [-0.05, 0) is 60.9 Å². The molecule has 0 saturated heterocycles. The fourth-order valence-electron chi connectivity index (χ4n) is 2.45. The molecule has 0 heterocycles. The number of nitrogens with zero attached hydrogens (tertiary/aromatic N) is 2. The summed E-state index contributed by atoms with van der Waals surface area (Å²) in [6.45, 7) is 10.2. The Labute approximate surface area is 120 Å². The van der Waals surface area contributed by atoms with Gasteiger partial charge in [0.1, 0.15) is 0 Å². The van der Waals surface area contributed by atoms with E-state index >= 15 is 0 Å². The summed E-state index contributed by atoms with van der Waals surface area (Å²) >= 11 is 0. The average molecular weight is 273 g/mol. The van der Waals surface area contributed by atoms with Crippen molar-refractivity contribution in [2.45, 2.75) is 51.6 Å². The van der Waals surface area contributed by atoms with Crippen molar-refractivity contribution in [2.75, 3.05) is 47.4 Å². The summed E-state index contributed by atoms with van der Waals surface area (Å²) < 4.78 is 0. The standard InChI is InChI=1S/C15H35N3O/c1-7-18(14(2)12-17(5)6)11-9-8-10-15(3,13-19)16-4/h14,16,19H,7-13H2,1-6H3. The molecule has 19 heavy (non-hydrogen) atoms. The first-order chi connectivity index (χ1) is 8.88. The number of rotatable bonds is 11. The first-order valence-corrected chi connectivity index (χ1v) is 7.57. The van der Waals surface area contributed by atoms with Crippen LogP contribution in [0.1, 0.15) is 40.0 Å². The molecule has 0 aliphatic rings. The van der Waals surface area contributed by atoms with Crippen LogP contribution in [0.4, 0.5) is 0 Å². The van der Waals surface area contributed by atoms with Crippen LogP contribution in [0.2, 0.25) is 0 Å². The van der Waals surface area contributed by atoms with Crippen LogP contribution < -0.4 is 5.32 Å². The summed E-state index contributed by atoms with van der Waals surface area (Å²) in [5.41, 5.74) is -0.119. The van der Waals surface area contributed by atoms with Gasteiger partial charge in [0.25, 0.3) is 0 Å². The molecule has 0 bridgehead atoms. The van der Waals surface area contributed by atoms with Crippen LogP contribution in [-0.2, 0) is 0 Å². The molecular formula is C15H35N3O. The van der Waals surface area contributed by atoms with Gasteiger partial charge < -0.3 is 15.3 Å². The van der Waals surface area contributed by atoms with Gasteiger partial charge >= 0.3 is 0 Å². The summed E-state index contributed by atoms with van der Waals surface area (Å²) in [6.07, 6.45) is 3.38. The molecule has 0 spiro atoms. The van der Waals surface area contributed by atoms with Crippen LogP contribution in [0.15, 0.2) is 0 Å². The number of aliphatic hydroxyl groups excluding tert-OH is 1. The van der Waals surface area contributed by atoms with Crippen molar-refractivity contribution in [3.63, 3.8) is 0 Å². The molecule has 0 radical (unpaired) electrons. The zero-order valence-corrected chi connectivity index (χ0v) is 13.9. The van der Waals surface area contributed by atoms with E-state index in [1.807, 2.05) is 7.05 Å². The fourth-order valence-corrected chi connectivity index (χ4v) is 2.45. The molecule has 0 aromatic heterocycles. The molecular weight excluding hydrogens is 238 g/mol. The van der Waals surface area contributed by atoms with E-state index in [-0.39, 0.29) is 12.1 Å². The number of nitrogens with one attached hydrogen (secondary N) is 1. The molecule has 0 aromatic rings. The number of hydrogen-bond donors (Lipinski definition) is 2. The van der Waals surface area contributed by atoms with Gasteiger partial charge in [-0.25, -0.2) is 0 Å². The highest BCUT2D eigenvalue weighted by Crippen LogP contribution is 2.13. The molecule has 0 aromatic carbocycles. The lowest BCUT2D eigenvalue weighted by Gasteiger charge is -2.31. The van der Waals surface area contributed by atoms with Crippen LogP contribution in [0, 0.1) is 0 Å². The maximum Gasteiger partial charge on any atom is 0.0610 e. The Morgan fingerprint density at radius 1 is 1.26 bits per heavy atom. The maximum atomic E-state index is 9.35. The van der Waals surface area contributed by atoms with Crippen LogP contribution in [0.25, 0.3) is 0 Å². The van der Waals surface area contributed by atoms with Gasteiger partial charge in [0.15, 0.2) is 0 Å². The summed E-state index contributed by atoms with van der Waals surface area (Å²) in [4.78, 5) is 4.78. The molecule has 2 atom stereocenters. The van der Waals surface area contributed by atoms with E-state index in [2.05, 4.69) is 50.0 Å². The Hall–Kier alpha value is -0.160. The van der Waals surface area contributed by atoms with Crippen molar-refractivity contribution in [1.29, 1.82) is 0 Å². The SMILES string of the molecule is CCN(CCCCC(C)(CO)NC)C(C)CN(C)C. The van der Waals surface area contributed by atoms with Crippen molar-refractivity contribution >= 4 is 0 Å². The Kier molecular flexibility index (Phi) is 9.62. The lowest BCUT2D eigenvalue weighted by molar-refractivity contribution is 0.159. The molecule has 0 aliphatic carbocycles. The van der Waals surface area contributed by atoms with Gasteiger partial charge in [0.2, 0.25) is 0 Å². The largest absolute Gasteiger partial charge is 0.394 e. The van der Waals surface area contributed by atoms with Crippen molar-refractivity contribution in [3.8, 4) is 0 Å². The molecule has 2 unspecified atom stereocenters. The van der Waals surface area contributed by atoms with Crippen molar-refractivity contribution < 1.29 is 5.11 Å². The van der Waals surface area contributed by atoms with E-state index in [1.165, 1.54) is 6.42 Å². The quantitative estimate of drug-likeness (QED) is 0.558. The molecule has 0 saturated carbocycles. The first-order valence-electron chi connectivity index (χ1n) is 7.57. The molecule has 0 aliphatic heterocycles. The molecule has 0 rings (SSSR count). The smallest absolute Gasteiger partial charge is 0.0610 e. The Morgan fingerprint density at radius 2 is 1.89 bits per heavy atom. The molecule has 116 valence electrons. The highest BCUT2D eigenvalue weighted by atomic mass is 16.3. The second-order valence-electron chi connectivity index (χ2n) is 6.17. The van der Waals surface area contributed by atoms with Crippen LogP contribution in [0.5, 0.6) is 0 Å². The molecule has 0 amide bonds. The van der Waals surface area contributed by atoms with E-state index < -0.39 is 0 Å². The summed E-state index contributed by atoms with van der Waals surface area (Å²) in [6, 6.07) is 0.605. The van der Waals surface area contributed by atoms with Crippen LogP contribution in [0.3, 0.4) is 0 Å². The predicted molar refractivity (Wildman–Crippen MR) is 83.7 cm³/mol. The number of hydrogen-bond acceptors (Lipinski definition) is 4. The monoisotopic (exact) mass is 273 g/mol. The highest BCUT2D eigenvalue weighted by molar-refractivity contribution is 4.80. The van der Waals surface area contributed by atoms with Crippen LogP contribution in [-0.4, -0.2) is 73.9 Å². The predicted octanol–water partition coefficient (Wildman–Crippen LogP) is 1.40. The second-order valence-corrected chi connectivity index (χ2v) is 6.17. The van der Waals surface area contributed by atoms with E-state index in [0.29, 0.717) is 6.04 Å². The zero-order valence-electron chi connectivity index (χ0n) is 13.9. The Bertz CT molecular complexity index is 217. The highest BCUT2D eigenvalue weighted by Gasteiger charge is 2.20. The van der Waals surface area contributed by atoms with E-state index in [0.717, 1.165) is 32.5 Å². The van der Waals surface area contributed by atoms with Crippen molar-refractivity contribution in [2.24, 2.45) is 0 Å². The third-order valence-corrected chi connectivity index (χ3v) is 4.04. The van der Waals surface area contributed by atoms with Gasteiger partial charge in [0, 0.05) is 18.1 Å². The molecule has 2 N–H and O–H groups in total. The average Bonchev–Trinajstić information content (AvgIpc) is 2.37. The number of aliphatic hydroxyl groups is 1. The second kappa shape index (κ2) is 9.70. The molecule has 4 heteroatoms. The lowest BCUT2D eigenvalue weighted by Crippen LogP contribution is -2.43. The van der Waals surface area contributed by atoms with Crippen molar-refractivity contribution in [1.82, 2.24) is 15.1 Å². The number of likely N-dealkylation sites (N-methyl/N-ethyl adjacent to an activating group) is 3. The van der Waals surface area contributed by atoms with E-state index in [1.54, 1.807) is 0 Å². The third-order valence-electron chi connectivity index (χ3n) is 4.04. The van der Waals surface area contributed by atoms with Gasteiger partial charge in [-0.2, -0.15) is 0 Å². The van der Waals surface area contributed by atoms with Crippen molar-refractivity contribution in [3.05, 3.63) is 0 Å². The fraction of sp³-hybridized carbons (Fsp3) is 1.00. The van der Waals surface area contributed by atoms with E-state index in [4.69, 9.17) is 0 Å². The molecule has 0 fully saturated rings. The lowest BCUT2D eigenvalue weighted by atomic mass is 9.96. The minimum atomic E-state index is -0.119. The topological polar surface area (TPSA) is 38.7 Å². The van der Waals surface area contributed by atoms with Gasteiger partial charge in [-0.15, -0.1) is 0 Å². The number of unbranched alkanes of at least 4 members (excludes halogenated alkanes) is 1. The summed E-state index contributed by atoms with van der Waals surface area (Å²) in [7, 11) is 6.18. The summed E-state index contributed by atoms with van der Waals surface area (Å²) in [5.74, 6) is 0.